The van der Waals surface area contributed by atoms with Gasteiger partial charge in [-0.15, -0.1) is 0 Å². The van der Waals surface area contributed by atoms with Crippen LogP contribution in [-0.4, -0.2) is 72.1 Å². The molecule has 2 aromatic rings. The fourth-order valence-corrected chi connectivity index (χ4v) is 5.30. The van der Waals surface area contributed by atoms with Crippen molar-refractivity contribution in [2.24, 2.45) is 5.41 Å². The molecular weight excluding hydrogens is 496 g/mol. The summed E-state index contributed by atoms with van der Waals surface area (Å²) in [5, 5.41) is 29.0. The molecule has 2 fully saturated rings. The first-order chi connectivity index (χ1) is 18.9. The molecule has 0 amide bonds. The number of nitriles is 1. The summed E-state index contributed by atoms with van der Waals surface area (Å²) >= 11 is 0. The van der Waals surface area contributed by atoms with Crippen LogP contribution in [-0.2, 0) is 14.3 Å². The van der Waals surface area contributed by atoms with E-state index in [1.54, 1.807) is 0 Å². The summed E-state index contributed by atoms with van der Waals surface area (Å²) < 4.78 is 10.6. The molecule has 2 aromatic heterocycles. The quantitative estimate of drug-likeness (QED) is 0.315. The highest BCUT2D eigenvalue weighted by molar-refractivity contribution is 5.68. The number of carboxylic acids is 1. The minimum absolute atomic E-state index is 0.111. The molecule has 3 heterocycles. The first kappa shape index (κ1) is 28.7. The topological polar surface area (TPSA) is 141 Å². The van der Waals surface area contributed by atoms with Crippen LogP contribution >= 0.6 is 0 Å². The maximum absolute atomic E-state index is 10.6. The minimum Gasteiger partial charge on any atom is -0.480 e. The lowest BCUT2D eigenvalue weighted by Crippen LogP contribution is -2.43. The van der Waals surface area contributed by atoms with Gasteiger partial charge in [-0.05, 0) is 76.1 Å². The van der Waals surface area contributed by atoms with Crippen LogP contribution in [0.15, 0.2) is 30.5 Å². The smallest absolute Gasteiger partial charge is 0.329 e. The van der Waals surface area contributed by atoms with Gasteiger partial charge in [-0.3, -0.25) is 0 Å². The molecule has 0 radical (unpaired) electrons. The van der Waals surface area contributed by atoms with Gasteiger partial charge >= 0.3 is 5.97 Å². The Morgan fingerprint density at radius 3 is 2.69 bits per heavy atom. The normalized spacial score (nSPS) is 21.5. The van der Waals surface area contributed by atoms with E-state index in [9.17, 15) is 10.1 Å². The first-order valence-electron chi connectivity index (χ1n) is 13.8. The second kappa shape index (κ2) is 13.7. The molecule has 4 N–H and O–H groups in total. The molecule has 0 aromatic carbocycles. The van der Waals surface area contributed by atoms with E-state index in [4.69, 9.17) is 19.6 Å². The molecule has 1 saturated carbocycles. The van der Waals surface area contributed by atoms with Gasteiger partial charge in [0.25, 0.3) is 0 Å². The number of hydrogen-bond acceptors (Lipinski definition) is 9. The highest BCUT2D eigenvalue weighted by Gasteiger charge is 2.32. The monoisotopic (exact) mass is 536 g/mol. The molecule has 1 aliphatic heterocycles. The number of nitrogens with zero attached hydrogens (tertiary/aromatic N) is 3. The van der Waals surface area contributed by atoms with Crippen LogP contribution in [0.4, 0.5) is 11.6 Å². The van der Waals surface area contributed by atoms with Crippen molar-refractivity contribution in [1.82, 2.24) is 15.3 Å². The molecule has 1 atom stereocenters. The SMILES string of the molecule is Cc1cnc(N[C@H]2CC[C@H](N[C@H](C)COCC(=O)O)CC2)cc1-c1cccc(NCC2(C#N)CCOCC2)n1. The Balaban J connectivity index is 1.31. The number of carboxylic acid groups (broad SMARTS) is 1. The van der Waals surface area contributed by atoms with Gasteiger partial charge < -0.3 is 30.5 Å². The average Bonchev–Trinajstić information content (AvgIpc) is 2.94. The number of anilines is 2. The zero-order valence-corrected chi connectivity index (χ0v) is 22.9. The standard InChI is InChI=1S/C29H40N6O4/c1-20-15-31-27(34-23-8-6-22(7-9-23)33-21(2)16-39-17-28(36)37)14-24(20)25-4-3-5-26(35-25)32-19-29(18-30)10-12-38-13-11-29/h3-5,14-15,21-23,33H,6-13,16-17,19H2,1-2H3,(H,31,34)(H,32,35)(H,36,37)/t21-,22-,23-/m1/s1. The van der Waals surface area contributed by atoms with Crippen molar-refractivity contribution in [2.45, 2.75) is 70.5 Å². The van der Waals surface area contributed by atoms with E-state index in [2.05, 4.69) is 33.1 Å². The second-order valence-electron chi connectivity index (χ2n) is 10.8. The van der Waals surface area contributed by atoms with Crippen molar-refractivity contribution < 1.29 is 19.4 Å². The summed E-state index contributed by atoms with van der Waals surface area (Å²) in [6.07, 6.45) is 7.46. The molecule has 39 heavy (non-hydrogen) atoms. The second-order valence-corrected chi connectivity index (χ2v) is 10.8. The van der Waals surface area contributed by atoms with Crippen LogP contribution in [0.25, 0.3) is 11.3 Å². The molecule has 4 rings (SSSR count). The van der Waals surface area contributed by atoms with Gasteiger partial charge in [0.15, 0.2) is 0 Å². The summed E-state index contributed by atoms with van der Waals surface area (Å²) in [4.78, 5) is 20.1. The molecule has 10 nitrogen and oxygen atoms in total. The van der Waals surface area contributed by atoms with Crippen LogP contribution < -0.4 is 16.0 Å². The maximum atomic E-state index is 10.6. The van der Waals surface area contributed by atoms with Gasteiger partial charge in [0.1, 0.15) is 18.2 Å². The van der Waals surface area contributed by atoms with Crippen LogP contribution in [0.1, 0.15) is 51.0 Å². The Morgan fingerprint density at radius 2 is 1.97 bits per heavy atom. The number of pyridine rings is 2. The summed E-state index contributed by atoms with van der Waals surface area (Å²) in [5.74, 6) is 0.655. The van der Waals surface area contributed by atoms with Crippen molar-refractivity contribution in [2.75, 3.05) is 43.6 Å². The number of rotatable bonds is 12. The molecule has 210 valence electrons. The van der Waals surface area contributed by atoms with Crippen molar-refractivity contribution in [3.05, 3.63) is 36.0 Å². The van der Waals surface area contributed by atoms with Gasteiger partial charge in [0.05, 0.1) is 23.8 Å². The molecule has 1 aliphatic carbocycles. The molecule has 0 spiro atoms. The lowest BCUT2D eigenvalue weighted by atomic mass is 9.82. The van der Waals surface area contributed by atoms with Crippen molar-refractivity contribution in [3.8, 4) is 17.3 Å². The first-order valence-corrected chi connectivity index (χ1v) is 13.8. The van der Waals surface area contributed by atoms with Gasteiger partial charge in [0, 0.05) is 49.6 Å². The molecule has 0 bridgehead atoms. The Bertz CT molecular complexity index is 1140. The zero-order chi connectivity index (χ0) is 27.7. The van der Waals surface area contributed by atoms with E-state index < -0.39 is 11.4 Å². The van der Waals surface area contributed by atoms with Crippen LogP contribution in [0.2, 0.25) is 0 Å². The number of hydrogen-bond donors (Lipinski definition) is 4. The predicted octanol–water partition coefficient (Wildman–Crippen LogP) is 3.99. The average molecular weight is 537 g/mol. The van der Waals surface area contributed by atoms with Crippen molar-refractivity contribution in [3.63, 3.8) is 0 Å². The van der Waals surface area contributed by atoms with Crippen molar-refractivity contribution >= 4 is 17.6 Å². The zero-order valence-electron chi connectivity index (χ0n) is 22.9. The highest BCUT2D eigenvalue weighted by atomic mass is 16.5. The molecule has 0 unspecified atom stereocenters. The summed E-state index contributed by atoms with van der Waals surface area (Å²) in [6, 6.07) is 11.3. The number of nitrogens with one attached hydrogen (secondary N) is 3. The molecule has 2 aliphatic rings. The summed E-state index contributed by atoms with van der Waals surface area (Å²) in [7, 11) is 0. The summed E-state index contributed by atoms with van der Waals surface area (Å²) in [5.41, 5.74) is 2.53. The largest absolute Gasteiger partial charge is 0.480 e. The Hall–Kier alpha value is -3.26. The number of ether oxygens (including phenoxy) is 2. The van der Waals surface area contributed by atoms with Gasteiger partial charge in [-0.2, -0.15) is 5.26 Å². The Labute approximate surface area is 230 Å². The lowest BCUT2D eigenvalue weighted by Gasteiger charge is -2.32. The van der Waals surface area contributed by atoms with E-state index in [-0.39, 0.29) is 12.6 Å². The van der Waals surface area contributed by atoms with Crippen LogP contribution in [0.3, 0.4) is 0 Å². The molecule has 10 heteroatoms. The number of aryl methyl sites for hydroxylation is 1. The fourth-order valence-electron chi connectivity index (χ4n) is 5.30. The van der Waals surface area contributed by atoms with Gasteiger partial charge in [-0.25, -0.2) is 14.8 Å². The lowest BCUT2D eigenvalue weighted by molar-refractivity contribution is -0.142. The Morgan fingerprint density at radius 1 is 1.23 bits per heavy atom. The highest BCUT2D eigenvalue weighted by Crippen LogP contribution is 2.31. The van der Waals surface area contributed by atoms with Crippen LogP contribution in [0.5, 0.6) is 0 Å². The van der Waals surface area contributed by atoms with Gasteiger partial charge in [-0.1, -0.05) is 6.07 Å². The van der Waals surface area contributed by atoms with E-state index in [1.807, 2.05) is 38.2 Å². The van der Waals surface area contributed by atoms with E-state index in [0.29, 0.717) is 38.4 Å². The molecular formula is C29H40N6O4. The van der Waals surface area contributed by atoms with Crippen molar-refractivity contribution in [1.29, 1.82) is 5.26 Å². The third-order valence-corrected chi connectivity index (χ3v) is 7.62. The number of aliphatic carboxylic acids is 1. The van der Waals surface area contributed by atoms with E-state index >= 15 is 0 Å². The number of carbonyl (C=O) groups is 1. The van der Waals surface area contributed by atoms with Crippen LogP contribution in [0, 0.1) is 23.7 Å². The summed E-state index contributed by atoms with van der Waals surface area (Å²) in [6.45, 7) is 5.98. The van der Waals surface area contributed by atoms with Gasteiger partial charge in [0.2, 0.25) is 0 Å². The third-order valence-electron chi connectivity index (χ3n) is 7.62. The Kier molecular flexibility index (Phi) is 10.1. The fraction of sp³-hybridized carbons (Fsp3) is 0.586. The predicted molar refractivity (Wildman–Crippen MR) is 150 cm³/mol. The number of aromatic nitrogens is 2. The van der Waals surface area contributed by atoms with E-state index in [1.165, 1.54) is 0 Å². The minimum atomic E-state index is -0.944. The maximum Gasteiger partial charge on any atom is 0.329 e. The third kappa shape index (κ3) is 8.36. The van der Waals surface area contributed by atoms with E-state index in [0.717, 1.165) is 67.0 Å². The molecule has 1 saturated heterocycles.